The van der Waals surface area contributed by atoms with Crippen LogP contribution in [-0.4, -0.2) is 49.5 Å². The van der Waals surface area contributed by atoms with Crippen LogP contribution >= 0.6 is 0 Å². The molecule has 0 radical (unpaired) electrons. The molecule has 2 heterocycles. The van der Waals surface area contributed by atoms with Crippen LogP contribution in [0.4, 0.5) is 0 Å². The fourth-order valence-electron chi connectivity index (χ4n) is 3.00. The fraction of sp³-hybridized carbons (Fsp3) is 0.600. The first kappa shape index (κ1) is 16.2. The van der Waals surface area contributed by atoms with Gasteiger partial charge in [0.2, 0.25) is 0 Å². The number of hydrogen-bond acceptors (Lipinski definition) is 6. The quantitative estimate of drug-likeness (QED) is 0.518. The van der Waals surface area contributed by atoms with Crippen molar-refractivity contribution in [2.45, 2.75) is 43.4 Å². The van der Waals surface area contributed by atoms with Crippen LogP contribution in [0.5, 0.6) is 0 Å². The minimum Gasteiger partial charge on any atom is -0.387 e. The minimum absolute atomic E-state index is 0.236. The van der Waals surface area contributed by atoms with Gasteiger partial charge in [-0.1, -0.05) is 35.4 Å². The highest BCUT2D eigenvalue weighted by Crippen LogP contribution is 2.39. The molecule has 1 aromatic rings. The monoisotopic (exact) mass is 321 g/mol. The van der Waals surface area contributed by atoms with Crippen molar-refractivity contribution in [2.24, 2.45) is 5.11 Å². The molecule has 0 bridgehead atoms. The molecule has 0 saturated carbocycles. The van der Waals surface area contributed by atoms with Crippen LogP contribution in [0.1, 0.15) is 12.5 Å². The van der Waals surface area contributed by atoms with Gasteiger partial charge >= 0.3 is 0 Å². The van der Waals surface area contributed by atoms with E-state index in [4.69, 9.17) is 24.5 Å². The molecule has 2 saturated heterocycles. The largest absolute Gasteiger partial charge is 0.387 e. The summed E-state index contributed by atoms with van der Waals surface area (Å²) in [5.74, 6) is -1.01. The Labute approximate surface area is 133 Å². The van der Waals surface area contributed by atoms with Crippen LogP contribution in [-0.2, 0) is 24.7 Å². The summed E-state index contributed by atoms with van der Waals surface area (Å²) in [6.45, 7) is 2.03. The van der Waals surface area contributed by atoms with E-state index in [-0.39, 0.29) is 6.61 Å². The lowest BCUT2D eigenvalue weighted by Crippen LogP contribution is -2.63. The first-order chi connectivity index (χ1) is 11.1. The summed E-state index contributed by atoms with van der Waals surface area (Å²) < 4.78 is 22.7. The maximum absolute atomic E-state index is 10.3. The van der Waals surface area contributed by atoms with Crippen LogP contribution in [0.3, 0.4) is 0 Å². The molecule has 0 aromatic heterocycles. The number of aliphatic hydroxyl groups is 1. The number of ether oxygens (including phenoxy) is 4. The Hall–Kier alpha value is -1.67. The van der Waals surface area contributed by atoms with Crippen LogP contribution in [0.15, 0.2) is 35.4 Å². The second-order valence-electron chi connectivity index (χ2n) is 5.67. The summed E-state index contributed by atoms with van der Waals surface area (Å²) in [5, 5.41) is 14.0. The molecule has 1 aromatic carbocycles. The van der Waals surface area contributed by atoms with E-state index in [1.807, 2.05) is 30.3 Å². The highest BCUT2D eigenvalue weighted by molar-refractivity contribution is 5.20. The number of nitrogens with zero attached hydrogens (tertiary/aromatic N) is 3. The third-order valence-electron chi connectivity index (χ3n) is 4.24. The summed E-state index contributed by atoms with van der Waals surface area (Å²) in [6.07, 6.45) is -3.13. The van der Waals surface area contributed by atoms with Crippen LogP contribution < -0.4 is 0 Å². The summed E-state index contributed by atoms with van der Waals surface area (Å²) in [7, 11) is 1.42. The SMILES string of the molecule is CO[C@@H]1O[C@@H]2CO[C@](C)(c3ccccc3)O[C@H]2[C@H](N=[N+]=[N-])[C@@H]1O. The molecule has 0 spiro atoms. The maximum atomic E-state index is 10.3. The molecule has 2 aliphatic rings. The standard InChI is InChI=1S/C15H19N3O5/c1-15(9-6-4-3-5-7-9)21-8-10-13(23-15)11(17-18-16)12(19)14(20-2)22-10/h3-7,10-14,19H,8H2,1-2H3/t10-,11-,12+,13-,14-,15+/m1/s1. The average Bonchev–Trinajstić information content (AvgIpc) is 2.58. The van der Waals surface area contributed by atoms with E-state index in [0.29, 0.717) is 0 Å². The van der Waals surface area contributed by atoms with Gasteiger partial charge in [0.25, 0.3) is 0 Å². The van der Waals surface area contributed by atoms with Crippen molar-refractivity contribution in [3.63, 3.8) is 0 Å². The zero-order valence-corrected chi connectivity index (χ0v) is 12.9. The van der Waals surface area contributed by atoms with Crippen molar-refractivity contribution >= 4 is 0 Å². The molecule has 1 N–H and O–H groups in total. The summed E-state index contributed by atoms with van der Waals surface area (Å²) in [5.41, 5.74) is 9.65. The fourth-order valence-corrected chi connectivity index (χ4v) is 3.00. The second kappa shape index (κ2) is 6.45. The highest BCUT2D eigenvalue weighted by Gasteiger charge is 2.52. The van der Waals surface area contributed by atoms with Crippen molar-refractivity contribution in [3.05, 3.63) is 46.3 Å². The van der Waals surface area contributed by atoms with Gasteiger partial charge in [0, 0.05) is 17.6 Å². The predicted molar refractivity (Wildman–Crippen MR) is 79.2 cm³/mol. The second-order valence-corrected chi connectivity index (χ2v) is 5.67. The first-order valence-corrected chi connectivity index (χ1v) is 7.37. The lowest BCUT2D eigenvalue weighted by molar-refractivity contribution is -0.373. The summed E-state index contributed by atoms with van der Waals surface area (Å²) in [4.78, 5) is 2.82. The number of methoxy groups -OCH3 is 1. The van der Waals surface area contributed by atoms with Crippen LogP contribution in [0.2, 0.25) is 0 Å². The lowest BCUT2D eigenvalue weighted by atomic mass is 9.94. The Kier molecular flexibility index (Phi) is 4.54. The smallest absolute Gasteiger partial charge is 0.192 e. The molecule has 2 aliphatic heterocycles. The summed E-state index contributed by atoms with van der Waals surface area (Å²) in [6, 6.07) is 8.63. The van der Waals surface area contributed by atoms with Crippen molar-refractivity contribution in [1.82, 2.24) is 0 Å². The predicted octanol–water partition coefficient (Wildman–Crippen LogP) is 1.69. The molecule has 23 heavy (non-hydrogen) atoms. The van der Waals surface area contributed by atoms with Gasteiger partial charge in [0.15, 0.2) is 12.1 Å². The van der Waals surface area contributed by atoms with Gasteiger partial charge in [-0.05, 0) is 12.5 Å². The van der Waals surface area contributed by atoms with Gasteiger partial charge in [-0.15, -0.1) is 0 Å². The van der Waals surface area contributed by atoms with Crippen molar-refractivity contribution in [2.75, 3.05) is 13.7 Å². The Morgan fingerprint density at radius 2 is 2.13 bits per heavy atom. The normalized spacial score (nSPS) is 40.0. The van der Waals surface area contributed by atoms with E-state index in [9.17, 15) is 5.11 Å². The Bertz CT molecular complexity index is 594. The van der Waals surface area contributed by atoms with Crippen molar-refractivity contribution < 1.29 is 24.1 Å². The molecule has 8 heteroatoms. The number of rotatable bonds is 3. The Morgan fingerprint density at radius 1 is 1.39 bits per heavy atom. The molecule has 0 amide bonds. The van der Waals surface area contributed by atoms with Gasteiger partial charge < -0.3 is 24.1 Å². The van der Waals surface area contributed by atoms with Gasteiger partial charge in [-0.2, -0.15) is 0 Å². The maximum Gasteiger partial charge on any atom is 0.192 e. The van der Waals surface area contributed by atoms with E-state index in [1.54, 1.807) is 6.92 Å². The molecular weight excluding hydrogens is 302 g/mol. The Balaban J connectivity index is 1.89. The van der Waals surface area contributed by atoms with Gasteiger partial charge in [0.05, 0.1) is 12.6 Å². The number of hydrogen-bond donors (Lipinski definition) is 1. The molecule has 3 rings (SSSR count). The van der Waals surface area contributed by atoms with Crippen LogP contribution in [0.25, 0.3) is 10.4 Å². The van der Waals surface area contributed by atoms with E-state index in [0.717, 1.165) is 5.56 Å². The molecule has 2 fully saturated rings. The summed E-state index contributed by atoms with van der Waals surface area (Å²) >= 11 is 0. The first-order valence-electron chi connectivity index (χ1n) is 7.37. The number of azide groups is 1. The molecule has 6 atom stereocenters. The number of fused-ring (bicyclic) bond motifs is 1. The van der Waals surface area contributed by atoms with Crippen molar-refractivity contribution in [1.29, 1.82) is 0 Å². The average molecular weight is 321 g/mol. The van der Waals surface area contributed by atoms with E-state index in [2.05, 4.69) is 10.0 Å². The number of aliphatic hydroxyl groups excluding tert-OH is 1. The minimum atomic E-state index is -1.12. The third kappa shape index (κ3) is 2.92. The van der Waals surface area contributed by atoms with Gasteiger partial charge in [-0.3, -0.25) is 0 Å². The topological polar surface area (TPSA) is 106 Å². The van der Waals surface area contributed by atoms with E-state index >= 15 is 0 Å². The highest BCUT2D eigenvalue weighted by atomic mass is 16.8. The molecule has 0 aliphatic carbocycles. The molecular formula is C15H19N3O5. The zero-order valence-electron chi connectivity index (χ0n) is 12.9. The number of benzene rings is 1. The van der Waals surface area contributed by atoms with Crippen LogP contribution in [0, 0.1) is 0 Å². The van der Waals surface area contributed by atoms with Gasteiger partial charge in [-0.25, -0.2) is 0 Å². The van der Waals surface area contributed by atoms with Gasteiger partial charge in [0.1, 0.15) is 18.3 Å². The Morgan fingerprint density at radius 3 is 2.78 bits per heavy atom. The lowest BCUT2D eigenvalue weighted by Gasteiger charge is -2.49. The zero-order chi connectivity index (χ0) is 16.4. The molecule has 124 valence electrons. The van der Waals surface area contributed by atoms with Crippen molar-refractivity contribution in [3.8, 4) is 0 Å². The van der Waals surface area contributed by atoms with E-state index < -0.39 is 36.4 Å². The third-order valence-corrected chi connectivity index (χ3v) is 4.24. The van der Waals surface area contributed by atoms with E-state index in [1.165, 1.54) is 7.11 Å². The molecule has 0 unspecified atom stereocenters. The molecule has 8 nitrogen and oxygen atoms in total.